The molecular formula is C18H16F4O3. The van der Waals surface area contributed by atoms with E-state index in [0.717, 1.165) is 6.07 Å². The Bertz CT molecular complexity index is 770. The van der Waals surface area contributed by atoms with Crippen LogP contribution >= 0.6 is 0 Å². The second kappa shape index (κ2) is 5.65. The number of ether oxygens (including phenoxy) is 1. The van der Waals surface area contributed by atoms with Crippen LogP contribution in [-0.2, 0) is 9.53 Å². The van der Waals surface area contributed by atoms with Crippen LogP contribution in [0.25, 0.3) is 0 Å². The van der Waals surface area contributed by atoms with Crippen molar-refractivity contribution in [2.24, 2.45) is 17.3 Å². The molecule has 0 amide bonds. The molecule has 0 radical (unpaired) electrons. The fourth-order valence-electron chi connectivity index (χ4n) is 3.02. The maximum atomic E-state index is 13.0. The predicted molar refractivity (Wildman–Crippen MR) is 79.7 cm³/mol. The van der Waals surface area contributed by atoms with E-state index >= 15 is 0 Å². The van der Waals surface area contributed by atoms with Gasteiger partial charge in [-0.05, 0) is 23.5 Å². The van der Waals surface area contributed by atoms with Gasteiger partial charge in [0.2, 0.25) is 6.10 Å². The summed E-state index contributed by atoms with van der Waals surface area (Å²) in [6.07, 6.45) is 2.40. The second-order valence-electron chi connectivity index (χ2n) is 6.92. The molecule has 1 heterocycles. The Labute approximate surface area is 142 Å². The van der Waals surface area contributed by atoms with Crippen LogP contribution in [0.1, 0.15) is 44.3 Å². The highest BCUT2D eigenvalue weighted by Gasteiger charge is 2.64. The smallest absolute Gasteiger partial charge is 0.311 e. The van der Waals surface area contributed by atoms with Crippen molar-refractivity contribution >= 4 is 5.97 Å². The Kier molecular flexibility index (Phi) is 3.98. The molecular weight excluding hydrogens is 340 g/mol. The lowest BCUT2D eigenvalue weighted by Gasteiger charge is -2.10. The van der Waals surface area contributed by atoms with Gasteiger partial charge in [0.1, 0.15) is 0 Å². The van der Waals surface area contributed by atoms with E-state index in [-0.39, 0.29) is 23.7 Å². The predicted octanol–water partition coefficient (Wildman–Crippen LogP) is 4.67. The van der Waals surface area contributed by atoms with Crippen molar-refractivity contribution in [1.29, 1.82) is 0 Å². The van der Waals surface area contributed by atoms with Crippen molar-refractivity contribution < 1.29 is 31.5 Å². The zero-order valence-electron chi connectivity index (χ0n) is 13.6. The van der Waals surface area contributed by atoms with Crippen molar-refractivity contribution in [3.63, 3.8) is 0 Å². The summed E-state index contributed by atoms with van der Waals surface area (Å²) >= 11 is 0. The van der Waals surface area contributed by atoms with Gasteiger partial charge in [-0.15, -0.1) is 6.42 Å². The number of esters is 1. The first-order chi connectivity index (χ1) is 11.6. The van der Waals surface area contributed by atoms with Gasteiger partial charge in [-0.3, -0.25) is 4.79 Å². The summed E-state index contributed by atoms with van der Waals surface area (Å²) in [7, 11) is 0. The summed E-state index contributed by atoms with van der Waals surface area (Å²) < 4.78 is 61.3. The zero-order valence-corrected chi connectivity index (χ0v) is 13.6. The molecule has 3 nitrogen and oxygen atoms in total. The molecule has 25 heavy (non-hydrogen) atoms. The molecule has 3 atom stereocenters. The molecule has 2 fully saturated rings. The van der Waals surface area contributed by atoms with Crippen LogP contribution in [0, 0.1) is 29.6 Å². The number of carbonyl (C=O) groups is 1. The van der Waals surface area contributed by atoms with Gasteiger partial charge < -0.3 is 9.15 Å². The molecule has 0 aromatic carbocycles. The molecule has 2 saturated carbocycles. The first kappa shape index (κ1) is 17.6. The molecule has 134 valence electrons. The monoisotopic (exact) mass is 356 g/mol. The Morgan fingerprint density at radius 1 is 1.40 bits per heavy atom. The minimum Gasteiger partial charge on any atom is -0.455 e. The average Bonchev–Trinajstić information content (AvgIpc) is 3.15. The quantitative estimate of drug-likeness (QED) is 0.333. The third kappa shape index (κ3) is 3.17. The SMILES string of the molecule is C#CC(OC(=O)[C@@H]1[C@H](/C=C2/CC2(F)F)C1(C)C)c1ccc(C(F)F)o1. The van der Waals surface area contributed by atoms with Crippen LogP contribution in [-0.4, -0.2) is 11.9 Å². The fourth-order valence-corrected chi connectivity index (χ4v) is 3.02. The molecule has 1 aromatic rings. The molecule has 0 saturated heterocycles. The lowest BCUT2D eigenvalue weighted by molar-refractivity contribution is -0.150. The molecule has 0 bridgehead atoms. The van der Waals surface area contributed by atoms with E-state index in [2.05, 4.69) is 5.92 Å². The van der Waals surface area contributed by atoms with E-state index in [1.807, 2.05) is 0 Å². The standard InChI is InChI=1S/C18H16F4O3/c1-4-11(12-5-6-13(24-12)15(19)20)25-16(23)14-10(17(14,2)3)7-9-8-18(9,21)22/h1,5-7,10-11,14-15H,8H2,2-3H3/b9-7-/t10-,11?,14-/m0/s1. The molecule has 1 unspecified atom stereocenters. The first-order valence-corrected chi connectivity index (χ1v) is 7.71. The lowest BCUT2D eigenvalue weighted by Crippen LogP contribution is -2.14. The molecule has 0 aliphatic heterocycles. The van der Waals surface area contributed by atoms with Gasteiger partial charge in [-0.2, -0.15) is 0 Å². The number of carbonyl (C=O) groups excluding carboxylic acids is 1. The highest BCUT2D eigenvalue weighted by Crippen LogP contribution is 2.62. The summed E-state index contributed by atoms with van der Waals surface area (Å²) in [5.41, 5.74) is -0.499. The minimum atomic E-state index is -2.80. The van der Waals surface area contributed by atoms with Crippen LogP contribution in [0.2, 0.25) is 0 Å². The molecule has 1 aromatic heterocycles. The normalized spacial score (nSPS) is 28.5. The van der Waals surface area contributed by atoms with E-state index in [0.29, 0.717) is 0 Å². The maximum absolute atomic E-state index is 13.0. The molecule has 0 spiro atoms. The summed E-state index contributed by atoms with van der Waals surface area (Å²) in [5, 5.41) is 0. The second-order valence-corrected chi connectivity index (χ2v) is 6.92. The van der Waals surface area contributed by atoms with E-state index in [4.69, 9.17) is 15.6 Å². The molecule has 0 N–H and O–H groups in total. The Hall–Kier alpha value is -2.23. The van der Waals surface area contributed by atoms with Gasteiger partial charge in [0.15, 0.2) is 11.5 Å². The van der Waals surface area contributed by atoms with Crippen molar-refractivity contribution in [2.75, 3.05) is 0 Å². The van der Waals surface area contributed by atoms with Crippen LogP contribution in [0.5, 0.6) is 0 Å². The molecule has 7 heteroatoms. The van der Waals surface area contributed by atoms with Crippen molar-refractivity contribution in [3.8, 4) is 12.3 Å². The Morgan fingerprint density at radius 3 is 2.48 bits per heavy atom. The van der Waals surface area contributed by atoms with Crippen molar-refractivity contribution in [3.05, 3.63) is 35.3 Å². The largest absolute Gasteiger partial charge is 0.455 e. The lowest BCUT2D eigenvalue weighted by atomic mass is 10.1. The highest BCUT2D eigenvalue weighted by molar-refractivity contribution is 5.79. The molecule has 2 aliphatic rings. The number of allylic oxidation sites excluding steroid dienone is 2. The van der Waals surface area contributed by atoms with Crippen molar-refractivity contribution in [2.45, 2.75) is 38.7 Å². The van der Waals surface area contributed by atoms with Gasteiger partial charge in [0, 0.05) is 12.0 Å². The van der Waals surface area contributed by atoms with E-state index in [9.17, 15) is 22.4 Å². The Morgan fingerprint density at radius 2 is 2.00 bits per heavy atom. The van der Waals surface area contributed by atoms with Crippen LogP contribution in [0.15, 0.2) is 28.2 Å². The summed E-state index contributed by atoms with van der Waals surface area (Å²) in [6.45, 7) is 3.54. The number of furan rings is 1. The van der Waals surface area contributed by atoms with Crippen LogP contribution in [0.3, 0.4) is 0 Å². The van der Waals surface area contributed by atoms with Gasteiger partial charge in [-0.1, -0.05) is 25.8 Å². The topological polar surface area (TPSA) is 39.4 Å². The van der Waals surface area contributed by atoms with Gasteiger partial charge in [-0.25, -0.2) is 17.6 Å². The molecule has 3 rings (SSSR count). The number of rotatable bonds is 5. The molecule has 2 aliphatic carbocycles. The fraction of sp³-hybridized carbons (Fsp3) is 0.500. The number of alkyl halides is 4. The van der Waals surface area contributed by atoms with E-state index in [1.54, 1.807) is 13.8 Å². The Balaban J connectivity index is 1.68. The summed E-state index contributed by atoms with van der Waals surface area (Å²) in [5.74, 6) is -2.88. The van der Waals surface area contributed by atoms with Crippen molar-refractivity contribution in [1.82, 2.24) is 0 Å². The summed E-state index contributed by atoms with van der Waals surface area (Å²) in [4.78, 5) is 12.4. The van der Waals surface area contributed by atoms with Gasteiger partial charge in [0.25, 0.3) is 12.3 Å². The van der Waals surface area contributed by atoms with Gasteiger partial charge >= 0.3 is 5.97 Å². The summed E-state index contributed by atoms with van der Waals surface area (Å²) in [6, 6.07) is 2.28. The third-order valence-corrected chi connectivity index (χ3v) is 4.81. The van der Waals surface area contributed by atoms with Crippen LogP contribution in [0.4, 0.5) is 17.6 Å². The number of hydrogen-bond acceptors (Lipinski definition) is 3. The van der Waals surface area contributed by atoms with E-state index < -0.39 is 41.5 Å². The first-order valence-electron chi connectivity index (χ1n) is 7.71. The zero-order chi connectivity index (χ0) is 18.6. The minimum absolute atomic E-state index is 0.0296. The third-order valence-electron chi connectivity index (χ3n) is 4.81. The van der Waals surface area contributed by atoms with Gasteiger partial charge in [0.05, 0.1) is 5.92 Å². The number of terminal acetylenes is 1. The van der Waals surface area contributed by atoms with Crippen LogP contribution < -0.4 is 0 Å². The maximum Gasteiger partial charge on any atom is 0.311 e. The number of hydrogen-bond donors (Lipinski definition) is 0. The average molecular weight is 356 g/mol. The number of halogens is 4. The van der Waals surface area contributed by atoms with E-state index in [1.165, 1.54) is 12.1 Å². The highest BCUT2D eigenvalue weighted by atomic mass is 19.3.